The number of hydrogen-bond donors (Lipinski definition) is 3. The van der Waals surface area contributed by atoms with Crippen molar-refractivity contribution in [1.82, 2.24) is 24.6 Å². The van der Waals surface area contributed by atoms with Crippen LogP contribution in [-0.2, 0) is 5.92 Å². The van der Waals surface area contributed by atoms with Crippen LogP contribution in [0.3, 0.4) is 0 Å². The van der Waals surface area contributed by atoms with E-state index in [1.165, 1.54) is 18.5 Å². The molecule has 10 nitrogen and oxygen atoms in total. The highest BCUT2D eigenvalue weighted by Crippen LogP contribution is 2.32. The minimum Gasteiger partial charge on any atom is -0.375 e. The van der Waals surface area contributed by atoms with Gasteiger partial charge in [-0.25, -0.2) is 18.7 Å². The van der Waals surface area contributed by atoms with Crippen LogP contribution in [0.1, 0.15) is 40.5 Å². The number of nitrogens with zero attached hydrogens (tertiary/aromatic N) is 6. The van der Waals surface area contributed by atoms with Crippen LogP contribution < -0.4 is 20.9 Å². The normalized spacial score (nSPS) is 11.5. The highest BCUT2D eigenvalue weighted by molar-refractivity contribution is 6.05. The zero-order chi connectivity index (χ0) is 31.3. The van der Waals surface area contributed by atoms with Crippen molar-refractivity contribution >= 4 is 34.6 Å². The van der Waals surface area contributed by atoms with Crippen molar-refractivity contribution in [2.24, 2.45) is 0 Å². The van der Waals surface area contributed by atoms with Crippen LogP contribution in [-0.4, -0.2) is 71.8 Å². The van der Waals surface area contributed by atoms with Gasteiger partial charge in [-0.3, -0.25) is 4.79 Å². The van der Waals surface area contributed by atoms with Gasteiger partial charge in [0.05, 0.1) is 5.69 Å². The molecule has 4 rings (SSSR count). The fourth-order valence-electron chi connectivity index (χ4n) is 4.51. The molecule has 1 amide bonds. The molecule has 2 heterocycles. The first-order valence-corrected chi connectivity index (χ1v) is 14.0. The molecular weight excluding hydrogens is 552 g/mol. The molecule has 0 fully saturated rings. The molecule has 2 aromatic heterocycles. The summed E-state index contributed by atoms with van der Waals surface area (Å²) >= 11 is 0. The standard InChI is InChI=1S/C31H39F2N9O/c1-20-9-10-24(17-26(20)38-29-13-21(2)39-42(29)28-18-27(34-4)35-19-36-28)37-30(43)22-14-23(31(3,32)33)16-25(15-22)41(7)12-8-11-40(5)6/h9-10,13-19,38H,8,11-12H2,1-7H3,(H,37,43)(H,34,35,36). The molecule has 0 radical (unpaired) electrons. The molecule has 228 valence electrons. The monoisotopic (exact) mass is 591 g/mol. The van der Waals surface area contributed by atoms with Crippen molar-refractivity contribution < 1.29 is 13.6 Å². The van der Waals surface area contributed by atoms with Crippen LogP contribution in [0.25, 0.3) is 5.82 Å². The number of amides is 1. The average molecular weight is 592 g/mol. The highest BCUT2D eigenvalue weighted by atomic mass is 19.3. The van der Waals surface area contributed by atoms with Gasteiger partial charge < -0.3 is 25.8 Å². The average Bonchev–Trinajstić information content (AvgIpc) is 3.33. The number of nitrogens with one attached hydrogen (secondary N) is 3. The topological polar surface area (TPSA) is 103 Å². The molecule has 2 aromatic carbocycles. The molecule has 0 aliphatic carbocycles. The summed E-state index contributed by atoms with van der Waals surface area (Å²) in [6.07, 6.45) is 2.31. The lowest BCUT2D eigenvalue weighted by Gasteiger charge is -2.23. The summed E-state index contributed by atoms with van der Waals surface area (Å²) in [5.41, 5.74) is 3.45. The number of rotatable bonds is 12. The van der Waals surface area contributed by atoms with E-state index in [9.17, 15) is 13.6 Å². The van der Waals surface area contributed by atoms with Crippen LogP contribution in [0.15, 0.2) is 54.9 Å². The number of aromatic nitrogens is 4. The third-order valence-electron chi connectivity index (χ3n) is 6.94. The molecule has 12 heteroatoms. The van der Waals surface area contributed by atoms with Crippen LogP contribution in [0.2, 0.25) is 0 Å². The van der Waals surface area contributed by atoms with Gasteiger partial charge in [-0.05, 0) is 76.8 Å². The second-order valence-electron chi connectivity index (χ2n) is 10.9. The van der Waals surface area contributed by atoms with Crippen molar-refractivity contribution in [3.8, 4) is 5.82 Å². The van der Waals surface area contributed by atoms with Crippen molar-refractivity contribution in [2.45, 2.75) is 33.1 Å². The number of aryl methyl sites for hydroxylation is 2. The van der Waals surface area contributed by atoms with Gasteiger partial charge in [0.15, 0.2) is 5.82 Å². The fraction of sp³-hybridized carbons (Fsp3) is 0.355. The molecule has 0 unspecified atom stereocenters. The van der Waals surface area contributed by atoms with Gasteiger partial charge in [-0.15, -0.1) is 0 Å². The van der Waals surface area contributed by atoms with Crippen molar-refractivity contribution in [2.75, 3.05) is 62.1 Å². The number of carbonyl (C=O) groups excluding carboxylic acids is 1. The Morgan fingerprint density at radius 3 is 2.47 bits per heavy atom. The van der Waals surface area contributed by atoms with Gasteiger partial charge in [0.1, 0.15) is 18.0 Å². The first-order valence-electron chi connectivity index (χ1n) is 14.0. The maximum Gasteiger partial charge on any atom is 0.270 e. The van der Waals surface area contributed by atoms with Gasteiger partial charge in [-0.2, -0.15) is 9.78 Å². The maximum absolute atomic E-state index is 14.4. The van der Waals surface area contributed by atoms with Crippen LogP contribution in [0, 0.1) is 13.8 Å². The zero-order valence-electron chi connectivity index (χ0n) is 25.7. The molecule has 4 aromatic rings. The number of carbonyl (C=O) groups is 1. The maximum atomic E-state index is 14.4. The van der Waals surface area contributed by atoms with Crippen LogP contribution in [0.4, 0.5) is 37.5 Å². The second-order valence-corrected chi connectivity index (χ2v) is 10.9. The van der Waals surface area contributed by atoms with E-state index >= 15 is 0 Å². The summed E-state index contributed by atoms with van der Waals surface area (Å²) in [6.45, 7) is 6.18. The van der Waals surface area contributed by atoms with Crippen molar-refractivity contribution in [3.05, 3.63) is 77.2 Å². The number of halogens is 2. The number of alkyl halides is 2. The predicted octanol–water partition coefficient (Wildman–Crippen LogP) is 5.82. The summed E-state index contributed by atoms with van der Waals surface area (Å²) in [5.74, 6) is -1.69. The quantitative estimate of drug-likeness (QED) is 0.190. The summed E-state index contributed by atoms with van der Waals surface area (Å²) < 4.78 is 30.6. The number of benzene rings is 2. The Hall–Kier alpha value is -4.58. The van der Waals surface area contributed by atoms with Gasteiger partial charge in [-0.1, -0.05) is 6.07 Å². The molecule has 0 spiro atoms. The zero-order valence-corrected chi connectivity index (χ0v) is 25.7. The smallest absolute Gasteiger partial charge is 0.270 e. The van der Waals surface area contributed by atoms with E-state index in [4.69, 9.17) is 0 Å². The Balaban J connectivity index is 1.59. The first-order chi connectivity index (χ1) is 20.3. The van der Waals surface area contributed by atoms with E-state index < -0.39 is 11.8 Å². The Morgan fingerprint density at radius 2 is 1.77 bits per heavy atom. The van der Waals surface area contributed by atoms with Crippen molar-refractivity contribution in [3.63, 3.8) is 0 Å². The third-order valence-corrected chi connectivity index (χ3v) is 6.94. The number of anilines is 5. The summed E-state index contributed by atoms with van der Waals surface area (Å²) in [7, 11) is 7.59. The van der Waals surface area contributed by atoms with Gasteiger partial charge in [0.25, 0.3) is 11.8 Å². The summed E-state index contributed by atoms with van der Waals surface area (Å²) in [5, 5.41) is 13.8. The molecular formula is C31H39F2N9O. The van der Waals surface area contributed by atoms with E-state index in [0.717, 1.165) is 36.8 Å². The summed E-state index contributed by atoms with van der Waals surface area (Å²) in [6, 6.07) is 13.5. The summed E-state index contributed by atoms with van der Waals surface area (Å²) in [4.78, 5) is 25.9. The molecule has 0 saturated carbocycles. The van der Waals surface area contributed by atoms with Crippen LogP contribution >= 0.6 is 0 Å². The lowest BCUT2D eigenvalue weighted by atomic mass is 10.0. The highest BCUT2D eigenvalue weighted by Gasteiger charge is 2.27. The van der Waals surface area contributed by atoms with E-state index in [1.807, 2.05) is 52.0 Å². The van der Waals surface area contributed by atoms with E-state index in [2.05, 4.69) is 35.9 Å². The SMILES string of the molecule is CNc1cc(-n2nc(C)cc2Nc2cc(NC(=O)c3cc(N(C)CCCN(C)C)cc(C(C)(F)F)c3)ccc2C)ncn1. The molecule has 0 saturated heterocycles. The minimum atomic E-state index is -3.10. The van der Waals surface area contributed by atoms with E-state index in [1.54, 1.807) is 36.0 Å². The lowest BCUT2D eigenvalue weighted by molar-refractivity contribution is 0.0175. The van der Waals surface area contributed by atoms with Crippen LogP contribution in [0.5, 0.6) is 0 Å². The van der Waals surface area contributed by atoms with Gasteiger partial charge in [0, 0.05) is 67.9 Å². The second kappa shape index (κ2) is 13.2. The van der Waals surface area contributed by atoms with Gasteiger partial charge in [0.2, 0.25) is 0 Å². The predicted molar refractivity (Wildman–Crippen MR) is 168 cm³/mol. The third kappa shape index (κ3) is 8.04. The molecule has 0 aliphatic heterocycles. The fourth-order valence-corrected chi connectivity index (χ4v) is 4.51. The van der Waals surface area contributed by atoms with Crippen molar-refractivity contribution in [1.29, 1.82) is 0 Å². The molecule has 0 bridgehead atoms. The number of hydrogen-bond acceptors (Lipinski definition) is 8. The van der Waals surface area contributed by atoms with Gasteiger partial charge >= 0.3 is 0 Å². The molecule has 0 aliphatic rings. The Bertz CT molecular complexity index is 1580. The van der Waals surface area contributed by atoms with E-state index in [-0.39, 0.29) is 11.1 Å². The first kappa shape index (κ1) is 31.4. The van der Waals surface area contributed by atoms with E-state index in [0.29, 0.717) is 35.4 Å². The molecule has 0 atom stereocenters. The minimum absolute atomic E-state index is 0.154. The Labute approximate surface area is 251 Å². The largest absolute Gasteiger partial charge is 0.375 e. The molecule has 43 heavy (non-hydrogen) atoms. The Morgan fingerprint density at radius 1 is 1.00 bits per heavy atom. The lowest BCUT2D eigenvalue weighted by Crippen LogP contribution is -2.24. The Kier molecular flexibility index (Phi) is 9.59. The molecule has 3 N–H and O–H groups in total.